The average Bonchev–Trinajstić information content (AvgIpc) is 2.50. The van der Waals surface area contributed by atoms with Crippen molar-refractivity contribution in [3.05, 3.63) is 11.5 Å². The van der Waals surface area contributed by atoms with Crippen LogP contribution in [0.4, 0.5) is 0 Å². The minimum absolute atomic E-state index is 0.0771. The van der Waals surface area contributed by atoms with Crippen LogP contribution >= 0.6 is 0 Å². The molecule has 1 saturated heterocycles. The van der Waals surface area contributed by atoms with Crippen molar-refractivity contribution in [3.8, 4) is 5.75 Å². The standard InChI is InChI=1S/C11H18N2O2/c1-8-10(9(2)15-13-8)14-11(3)4-6-12-7-5-11/h12H,4-7H2,1-3H3. The van der Waals surface area contributed by atoms with Crippen molar-refractivity contribution < 1.29 is 9.26 Å². The lowest BCUT2D eigenvalue weighted by Crippen LogP contribution is -2.44. The molecule has 4 heteroatoms. The van der Waals surface area contributed by atoms with Crippen LogP contribution in [0, 0.1) is 13.8 Å². The molecule has 0 aromatic carbocycles. The van der Waals surface area contributed by atoms with Gasteiger partial charge in [0, 0.05) is 6.92 Å². The van der Waals surface area contributed by atoms with E-state index in [1.54, 1.807) is 0 Å². The summed E-state index contributed by atoms with van der Waals surface area (Å²) < 4.78 is 11.1. The van der Waals surface area contributed by atoms with Crippen molar-refractivity contribution in [1.29, 1.82) is 0 Å². The molecule has 4 nitrogen and oxygen atoms in total. The Balaban J connectivity index is 2.13. The van der Waals surface area contributed by atoms with E-state index < -0.39 is 0 Å². The van der Waals surface area contributed by atoms with Gasteiger partial charge in [0.1, 0.15) is 11.3 Å². The van der Waals surface area contributed by atoms with Crippen LogP contribution in [0.1, 0.15) is 31.2 Å². The van der Waals surface area contributed by atoms with E-state index in [0.29, 0.717) is 0 Å². The minimum Gasteiger partial charge on any atom is -0.482 e. The molecule has 84 valence electrons. The molecule has 0 bridgehead atoms. The maximum Gasteiger partial charge on any atom is 0.185 e. The molecule has 1 aliphatic heterocycles. The number of hydrogen-bond donors (Lipinski definition) is 1. The minimum atomic E-state index is -0.0771. The maximum absolute atomic E-state index is 6.05. The number of nitrogens with one attached hydrogen (secondary N) is 1. The predicted octanol–water partition coefficient (Wildman–Crippen LogP) is 1.81. The summed E-state index contributed by atoms with van der Waals surface area (Å²) in [7, 11) is 0. The summed E-state index contributed by atoms with van der Waals surface area (Å²) in [4.78, 5) is 0. The molecule has 2 rings (SSSR count). The number of piperidine rings is 1. The fourth-order valence-electron chi connectivity index (χ4n) is 1.92. The molecule has 0 spiro atoms. The molecule has 0 amide bonds. The molecule has 0 saturated carbocycles. The van der Waals surface area contributed by atoms with Crippen LogP contribution in [0.5, 0.6) is 5.75 Å². The molecule has 1 aromatic rings. The molecular formula is C11H18N2O2. The van der Waals surface area contributed by atoms with Gasteiger partial charge in [-0.1, -0.05) is 5.16 Å². The Morgan fingerprint density at radius 2 is 2.00 bits per heavy atom. The van der Waals surface area contributed by atoms with E-state index in [1.807, 2.05) is 13.8 Å². The molecule has 1 aromatic heterocycles. The Morgan fingerprint density at radius 1 is 1.33 bits per heavy atom. The number of aromatic nitrogens is 1. The van der Waals surface area contributed by atoms with Crippen LogP contribution < -0.4 is 10.1 Å². The average molecular weight is 210 g/mol. The van der Waals surface area contributed by atoms with E-state index in [9.17, 15) is 0 Å². The van der Waals surface area contributed by atoms with E-state index in [-0.39, 0.29) is 5.60 Å². The van der Waals surface area contributed by atoms with Gasteiger partial charge in [0.25, 0.3) is 0 Å². The number of ether oxygens (including phenoxy) is 1. The van der Waals surface area contributed by atoms with Crippen LogP contribution in [-0.4, -0.2) is 23.8 Å². The van der Waals surface area contributed by atoms with Crippen molar-refractivity contribution in [2.75, 3.05) is 13.1 Å². The molecule has 0 radical (unpaired) electrons. The summed E-state index contributed by atoms with van der Waals surface area (Å²) >= 11 is 0. The highest BCUT2D eigenvalue weighted by molar-refractivity contribution is 5.29. The number of nitrogens with zero attached hydrogens (tertiary/aromatic N) is 1. The summed E-state index contributed by atoms with van der Waals surface area (Å²) in [5.74, 6) is 1.59. The van der Waals surface area contributed by atoms with Crippen LogP contribution in [0.3, 0.4) is 0 Å². The fourth-order valence-corrected chi connectivity index (χ4v) is 1.92. The van der Waals surface area contributed by atoms with Gasteiger partial charge >= 0.3 is 0 Å². The van der Waals surface area contributed by atoms with Crippen molar-refractivity contribution in [3.63, 3.8) is 0 Å². The van der Waals surface area contributed by atoms with E-state index in [4.69, 9.17) is 9.26 Å². The first-order chi connectivity index (χ1) is 7.11. The topological polar surface area (TPSA) is 47.3 Å². The highest BCUT2D eigenvalue weighted by Crippen LogP contribution is 2.30. The Kier molecular flexibility index (Phi) is 2.69. The highest BCUT2D eigenvalue weighted by atomic mass is 16.5. The summed E-state index contributed by atoms with van der Waals surface area (Å²) in [6.45, 7) is 7.98. The van der Waals surface area contributed by atoms with Crippen LogP contribution in [0.2, 0.25) is 0 Å². The molecule has 15 heavy (non-hydrogen) atoms. The van der Waals surface area contributed by atoms with Crippen molar-refractivity contribution in [2.24, 2.45) is 0 Å². The highest BCUT2D eigenvalue weighted by Gasteiger charge is 2.30. The Hall–Kier alpha value is -1.03. The van der Waals surface area contributed by atoms with Gasteiger partial charge in [0.15, 0.2) is 11.5 Å². The third-order valence-corrected chi connectivity index (χ3v) is 2.98. The SMILES string of the molecule is Cc1noc(C)c1OC1(C)CCNCC1. The zero-order valence-corrected chi connectivity index (χ0v) is 9.59. The molecular weight excluding hydrogens is 192 g/mol. The van der Waals surface area contributed by atoms with Gasteiger partial charge in [-0.3, -0.25) is 0 Å². The van der Waals surface area contributed by atoms with E-state index in [0.717, 1.165) is 43.1 Å². The first kappa shape index (κ1) is 10.5. The van der Waals surface area contributed by atoms with E-state index >= 15 is 0 Å². The lowest BCUT2D eigenvalue weighted by atomic mass is 9.94. The van der Waals surface area contributed by atoms with Crippen LogP contribution in [0.25, 0.3) is 0 Å². The second-order valence-corrected chi connectivity index (χ2v) is 4.46. The predicted molar refractivity (Wildman–Crippen MR) is 57.1 cm³/mol. The van der Waals surface area contributed by atoms with Crippen molar-refractivity contribution in [2.45, 2.75) is 39.2 Å². The van der Waals surface area contributed by atoms with Gasteiger partial charge in [-0.15, -0.1) is 0 Å². The molecule has 0 aliphatic carbocycles. The summed E-state index contributed by atoms with van der Waals surface area (Å²) in [6, 6.07) is 0. The third-order valence-electron chi connectivity index (χ3n) is 2.98. The monoisotopic (exact) mass is 210 g/mol. The van der Waals surface area contributed by atoms with Crippen molar-refractivity contribution in [1.82, 2.24) is 10.5 Å². The second kappa shape index (κ2) is 3.85. The Bertz CT molecular complexity index is 321. The van der Waals surface area contributed by atoms with E-state index in [2.05, 4.69) is 17.4 Å². The van der Waals surface area contributed by atoms with Gasteiger partial charge in [-0.05, 0) is 39.8 Å². The van der Waals surface area contributed by atoms with E-state index in [1.165, 1.54) is 0 Å². The first-order valence-corrected chi connectivity index (χ1v) is 5.43. The molecule has 0 atom stereocenters. The molecule has 0 unspecified atom stereocenters. The van der Waals surface area contributed by atoms with Crippen molar-refractivity contribution >= 4 is 0 Å². The lowest BCUT2D eigenvalue weighted by Gasteiger charge is -2.34. The quantitative estimate of drug-likeness (QED) is 0.808. The zero-order chi connectivity index (χ0) is 10.9. The smallest absolute Gasteiger partial charge is 0.185 e. The van der Waals surface area contributed by atoms with Gasteiger partial charge in [-0.2, -0.15) is 0 Å². The van der Waals surface area contributed by atoms with Crippen LogP contribution in [0.15, 0.2) is 4.52 Å². The second-order valence-electron chi connectivity index (χ2n) is 4.46. The number of aryl methyl sites for hydroxylation is 2. The van der Waals surface area contributed by atoms with Gasteiger partial charge in [0.2, 0.25) is 0 Å². The lowest BCUT2D eigenvalue weighted by molar-refractivity contribution is 0.0532. The Labute approximate surface area is 90.0 Å². The maximum atomic E-state index is 6.05. The number of hydrogen-bond acceptors (Lipinski definition) is 4. The first-order valence-electron chi connectivity index (χ1n) is 5.43. The van der Waals surface area contributed by atoms with Gasteiger partial charge in [-0.25, -0.2) is 0 Å². The fraction of sp³-hybridized carbons (Fsp3) is 0.727. The molecule has 1 N–H and O–H groups in total. The normalized spacial score (nSPS) is 20.2. The van der Waals surface area contributed by atoms with Gasteiger partial charge in [0.05, 0.1) is 0 Å². The summed E-state index contributed by atoms with van der Waals surface area (Å²) in [6.07, 6.45) is 2.05. The third kappa shape index (κ3) is 2.15. The largest absolute Gasteiger partial charge is 0.482 e. The summed E-state index contributed by atoms with van der Waals surface area (Å²) in [5.41, 5.74) is 0.763. The summed E-state index contributed by atoms with van der Waals surface area (Å²) in [5, 5.41) is 7.23. The Morgan fingerprint density at radius 3 is 2.53 bits per heavy atom. The molecule has 1 aliphatic rings. The van der Waals surface area contributed by atoms with Crippen LogP contribution in [-0.2, 0) is 0 Å². The molecule has 1 fully saturated rings. The molecule has 2 heterocycles. The van der Waals surface area contributed by atoms with Gasteiger partial charge < -0.3 is 14.6 Å². The zero-order valence-electron chi connectivity index (χ0n) is 9.59. The number of rotatable bonds is 2.